The van der Waals surface area contributed by atoms with Gasteiger partial charge >= 0.3 is 0 Å². The van der Waals surface area contributed by atoms with Gasteiger partial charge in [-0.25, -0.2) is 12.8 Å². The summed E-state index contributed by atoms with van der Waals surface area (Å²) in [6.45, 7) is -0.511. The molecule has 1 N–H and O–H groups in total. The lowest BCUT2D eigenvalue weighted by Crippen LogP contribution is -2.38. The molecule has 3 aromatic rings. The van der Waals surface area contributed by atoms with Crippen LogP contribution in [0.2, 0.25) is 10.0 Å². The Morgan fingerprint density at radius 1 is 0.931 bits per heavy atom. The first kappa shape index (κ1) is 21.1. The second-order valence-corrected chi connectivity index (χ2v) is 8.74. The van der Waals surface area contributed by atoms with Crippen molar-refractivity contribution in [2.45, 2.75) is 4.90 Å². The fourth-order valence-corrected chi connectivity index (χ4v) is 4.27. The van der Waals surface area contributed by atoms with Crippen LogP contribution in [-0.4, -0.2) is 20.9 Å². The maximum atomic E-state index is 13.2. The molecule has 29 heavy (non-hydrogen) atoms. The molecule has 0 aliphatic rings. The molecule has 3 aromatic carbocycles. The molecule has 0 atom stereocenters. The molecule has 150 valence electrons. The molecule has 0 radical (unpaired) electrons. The predicted molar refractivity (Wildman–Crippen MR) is 112 cm³/mol. The fourth-order valence-electron chi connectivity index (χ4n) is 2.54. The Kier molecular flexibility index (Phi) is 6.42. The highest BCUT2D eigenvalue weighted by Crippen LogP contribution is 2.27. The number of anilines is 2. The van der Waals surface area contributed by atoms with Crippen LogP contribution in [0, 0.1) is 5.82 Å². The standard InChI is InChI=1S/C20H15Cl2FN2O3S/c21-14-4-10-19(11-5-14)29(27,28)25(18-3-1-2-15(22)12-18)13-20(26)24-17-8-6-16(23)7-9-17/h1-12H,13H2,(H,24,26). The van der Waals surface area contributed by atoms with E-state index in [0.29, 0.717) is 15.7 Å². The van der Waals surface area contributed by atoms with Crippen LogP contribution in [0.5, 0.6) is 0 Å². The van der Waals surface area contributed by atoms with Gasteiger partial charge in [-0.15, -0.1) is 0 Å². The van der Waals surface area contributed by atoms with Crippen molar-refractivity contribution < 1.29 is 17.6 Å². The summed E-state index contributed by atoms with van der Waals surface area (Å²) in [5.74, 6) is -1.05. The van der Waals surface area contributed by atoms with Crippen LogP contribution in [0.4, 0.5) is 15.8 Å². The van der Waals surface area contributed by atoms with Gasteiger partial charge < -0.3 is 5.32 Å². The normalized spacial score (nSPS) is 11.1. The third-order valence-electron chi connectivity index (χ3n) is 3.91. The van der Waals surface area contributed by atoms with Gasteiger partial charge in [-0.1, -0.05) is 29.3 Å². The van der Waals surface area contributed by atoms with E-state index in [1.165, 1.54) is 60.7 Å². The highest BCUT2D eigenvalue weighted by molar-refractivity contribution is 7.92. The zero-order valence-corrected chi connectivity index (χ0v) is 17.2. The van der Waals surface area contributed by atoms with Gasteiger partial charge in [0.25, 0.3) is 10.0 Å². The number of nitrogens with one attached hydrogen (secondary N) is 1. The highest BCUT2D eigenvalue weighted by Gasteiger charge is 2.27. The number of hydrogen-bond donors (Lipinski definition) is 1. The molecule has 0 fully saturated rings. The Bertz CT molecular complexity index is 1120. The van der Waals surface area contributed by atoms with Crippen LogP contribution in [0.25, 0.3) is 0 Å². The SMILES string of the molecule is O=C(CN(c1cccc(Cl)c1)S(=O)(=O)c1ccc(Cl)cc1)Nc1ccc(F)cc1. The monoisotopic (exact) mass is 452 g/mol. The molecule has 1 amide bonds. The van der Waals surface area contributed by atoms with Gasteiger partial charge in [-0.2, -0.15) is 0 Å². The van der Waals surface area contributed by atoms with Crippen molar-refractivity contribution in [2.75, 3.05) is 16.2 Å². The van der Waals surface area contributed by atoms with E-state index in [1.54, 1.807) is 12.1 Å². The van der Waals surface area contributed by atoms with E-state index in [9.17, 15) is 17.6 Å². The summed E-state index contributed by atoms with van der Waals surface area (Å²) < 4.78 is 40.4. The Morgan fingerprint density at radius 2 is 1.59 bits per heavy atom. The first-order chi connectivity index (χ1) is 13.8. The number of hydrogen-bond acceptors (Lipinski definition) is 3. The third-order valence-corrected chi connectivity index (χ3v) is 6.19. The molecule has 0 saturated carbocycles. The third kappa shape index (κ3) is 5.26. The van der Waals surface area contributed by atoms with Crippen LogP contribution in [0.1, 0.15) is 0 Å². The number of sulfonamides is 1. The van der Waals surface area contributed by atoms with Crippen LogP contribution in [-0.2, 0) is 14.8 Å². The van der Waals surface area contributed by atoms with Crippen molar-refractivity contribution in [3.63, 3.8) is 0 Å². The van der Waals surface area contributed by atoms with Gasteiger partial charge in [-0.3, -0.25) is 9.10 Å². The lowest BCUT2D eigenvalue weighted by Gasteiger charge is -2.24. The average Bonchev–Trinajstić information content (AvgIpc) is 2.68. The lowest BCUT2D eigenvalue weighted by atomic mass is 10.3. The summed E-state index contributed by atoms with van der Waals surface area (Å²) in [4.78, 5) is 12.5. The Balaban J connectivity index is 1.93. The van der Waals surface area contributed by atoms with Gasteiger partial charge in [-0.05, 0) is 66.7 Å². The zero-order chi connectivity index (χ0) is 21.0. The van der Waals surface area contributed by atoms with E-state index in [4.69, 9.17) is 23.2 Å². The number of carbonyl (C=O) groups is 1. The molecule has 0 aliphatic heterocycles. The maximum absolute atomic E-state index is 13.2. The highest BCUT2D eigenvalue weighted by atomic mass is 35.5. The smallest absolute Gasteiger partial charge is 0.264 e. The molecular formula is C20H15Cl2FN2O3S. The van der Waals surface area contributed by atoms with E-state index in [1.807, 2.05) is 0 Å². The van der Waals surface area contributed by atoms with Crippen molar-refractivity contribution in [1.29, 1.82) is 0 Å². The Morgan fingerprint density at radius 3 is 2.21 bits per heavy atom. The lowest BCUT2D eigenvalue weighted by molar-refractivity contribution is -0.114. The number of amides is 1. The molecule has 5 nitrogen and oxygen atoms in total. The first-order valence-corrected chi connectivity index (χ1v) is 10.5. The minimum absolute atomic E-state index is 0.0311. The zero-order valence-electron chi connectivity index (χ0n) is 14.8. The van der Waals surface area contributed by atoms with Gasteiger partial charge in [0.2, 0.25) is 5.91 Å². The first-order valence-electron chi connectivity index (χ1n) is 8.35. The van der Waals surface area contributed by atoms with Gasteiger partial charge in [0.05, 0.1) is 10.6 Å². The van der Waals surface area contributed by atoms with Gasteiger partial charge in [0.1, 0.15) is 12.4 Å². The summed E-state index contributed by atoms with van der Waals surface area (Å²) in [6, 6.07) is 16.9. The van der Waals surface area contributed by atoms with Crippen LogP contribution in [0.15, 0.2) is 77.7 Å². The minimum Gasteiger partial charge on any atom is -0.325 e. The molecule has 0 heterocycles. The molecule has 0 saturated heterocycles. The van der Waals surface area contributed by atoms with Crippen LogP contribution in [0.3, 0.4) is 0 Å². The maximum Gasteiger partial charge on any atom is 0.264 e. The molecule has 9 heteroatoms. The second kappa shape index (κ2) is 8.82. The molecule has 0 spiro atoms. The number of rotatable bonds is 6. The van der Waals surface area contributed by atoms with Gasteiger partial charge in [0.15, 0.2) is 0 Å². The second-order valence-electron chi connectivity index (χ2n) is 6.00. The molecular weight excluding hydrogens is 438 g/mol. The molecule has 0 aliphatic carbocycles. The van der Waals surface area contributed by atoms with E-state index in [-0.39, 0.29) is 10.6 Å². The number of nitrogens with zero attached hydrogens (tertiary/aromatic N) is 1. The fraction of sp³-hybridized carbons (Fsp3) is 0.0500. The summed E-state index contributed by atoms with van der Waals surface area (Å²) in [5, 5.41) is 3.25. The number of halogens is 3. The average molecular weight is 453 g/mol. The van der Waals surface area contributed by atoms with Crippen molar-refractivity contribution in [3.05, 3.63) is 88.7 Å². The largest absolute Gasteiger partial charge is 0.325 e. The summed E-state index contributed by atoms with van der Waals surface area (Å²) >= 11 is 11.9. The van der Waals surface area contributed by atoms with Gasteiger partial charge in [0, 0.05) is 15.7 Å². The molecule has 0 aromatic heterocycles. The van der Waals surface area contributed by atoms with E-state index in [2.05, 4.69) is 5.32 Å². The number of carbonyl (C=O) groups excluding carboxylic acids is 1. The van der Waals surface area contributed by atoms with E-state index < -0.39 is 28.3 Å². The molecule has 0 unspecified atom stereocenters. The van der Waals surface area contributed by atoms with Crippen molar-refractivity contribution in [2.24, 2.45) is 0 Å². The van der Waals surface area contributed by atoms with E-state index in [0.717, 1.165) is 4.31 Å². The Labute approximate surface area is 177 Å². The van der Waals surface area contributed by atoms with Crippen molar-refractivity contribution >= 4 is 50.5 Å². The Hall–Kier alpha value is -2.61. The van der Waals surface area contributed by atoms with E-state index >= 15 is 0 Å². The topological polar surface area (TPSA) is 66.5 Å². The summed E-state index contributed by atoms with van der Waals surface area (Å²) in [5.41, 5.74) is 0.563. The van der Waals surface area contributed by atoms with Crippen molar-refractivity contribution in [3.8, 4) is 0 Å². The molecule has 3 rings (SSSR count). The van der Waals surface area contributed by atoms with Crippen LogP contribution < -0.4 is 9.62 Å². The number of benzene rings is 3. The summed E-state index contributed by atoms with van der Waals surface area (Å²) in [7, 11) is -4.09. The minimum atomic E-state index is -4.09. The van der Waals surface area contributed by atoms with Crippen molar-refractivity contribution in [1.82, 2.24) is 0 Å². The summed E-state index contributed by atoms with van der Waals surface area (Å²) in [6.07, 6.45) is 0. The molecule has 0 bridgehead atoms. The quantitative estimate of drug-likeness (QED) is 0.574. The predicted octanol–water partition coefficient (Wildman–Crippen LogP) is 4.97. The van der Waals surface area contributed by atoms with Crippen LogP contribution >= 0.6 is 23.2 Å².